The number of aliphatic hydroxyl groups excluding tert-OH is 1. The number of nitrogens with zero attached hydrogens (tertiary/aromatic N) is 2. The van der Waals surface area contributed by atoms with Gasteiger partial charge < -0.3 is 9.84 Å². The lowest BCUT2D eigenvalue weighted by atomic mass is 10.0. The predicted molar refractivity (Wildman–Crippen MR) is 94.8 cm³/mol. The SMILES string of the molecule is CCN(CC(O)c1ccc(C#N)cc1)C(C)c1cccc(OC)c1. The fraction of sp³-hybridized carbons (Fsp3) is 0.350. The summed E-state index contributed by atoms with van der Waals surface area (Å²) in [5.74, 6) is 0.836. The van der Waals surface area contributed by atoms with Gasteiger partial charge in [0.15, 0.2) is 0 Å². The molecule has 0 bridgehead atoms. The van der Waals surface area contributed by atoms with E-state index in [1.165, 1.54) is 0 Å². The van der Waals surface area contributed by atoms with Gasteiger partial charge in [-0.2, -0.15) is 5.26 Å². The molecule has 0 aromatic heterocycles. The lowest BCUT2D eigenvalue weighted by Gasteiger charge is -2.30. The summed E-state index contributed by atoms with van der Waals surface area (Å²) in [5, 5.41) is 19.4. The minimum Gasteiger partial charge on any atom is -0.497 e. The van der Waals surface area contributed by atoms with Gasteiger partial charge in [0.25, 0.3) is 0 Å². The minimum absolute atomic E-state index is 0.165. The standard InChI is InChI=1S/C20H24N2O2/c1-4-22(15(2)18-6-5-7-19(12-18)24-3)14-20(23)17-10-8-16(13-21)9-11-17/h5-12,15,20,23H,4,14H2,1-3H3. The number of hydrogen-bond donors (Lipinski definition) is 1. The fourth-order valence-electron chi connectivity index (χ4n) is 2.78. The van der Waals surface area contributed by atoms with Crippen LogP contribution in [0.25, 0.3) is 0 Å². The summed E-state index contributed by atoms with van der Waals surface area (Å²) >= 11 is 0. The molecule has 0 radical (unpaired) electrons. The van der Waals surface area contributed by atoms with Gasteiger partial charge in [-0.1, -0.05) is 31.2 Å². The minimum atomic E-state index is -0.592. The van der Waals surface area contributed by atoms with Gasteiger partial charge in [-0.25, -0.2) is 0 Å². The van der Waals surface area contributed by atoms with Crippen molar-refractivity contribution in [2.75, 3.05) is 20.2 Å². The number of rotatable bonds is 7. The molecular weight excluding hydrogens is 300 g/mol. The Morgan fingerprint density at radius 1 is 1.17 bits per heavy atom. The molecule has 0 spiro atoms. The van der Waals surface area contributed by atoms with E-state index in [-0.39, 0.29) is 6.04 Å². The smallest absolute Gasteiger partial charge is 0.119 e. The number of likely N-dealkylation sites (N-methyl/N-ethyl adjacent to an activating group) is 1. The summed E-state index contributed by atoms with van der Waals surface area (Å²) in [7, 11) is 1.66. The molecular formula is C20H24N2O2. The lowest BCUT2D eigenvalue weighted by Crippen LogP contribution is -2.31. The first-order valence-electron chi connectivity index (χ1n) is 8.15. The topological polar surface area (TPSA) is 56.5 Å². The maximum absolute atomic E-state index is 10.5. The molecule has 1 N–H and O–H groups in total. The molecule has 4 nitrogen and oxygen atoms in total. The van der Waals surface area contributed by atoms with Crippen molar-refractivity contribution >= 4 is 0 Å². The third kappa shape index (κ3) is 4.35. The van der Waals surface area contributed by atoms with E-state index >= 15 is 0 Å². The Balaban J connectivity index is 2.10. The molecule has 0 amide bonds. The quantitative estimate of drug-likeness (QED) is 0.844. The summed E-state index contributed by atoms with van der Waals surface area (Å²) < 4.78 is 5.30. The molecule has 0 saturated heterocycles. The van der Waals surface area contributed by atoms with Crippen molar-refractivity contribution in [3.05, 3.63) is 65.2 Å². The number of aliphatic hydroxyl groups is 1. The zero-order valence-corrected chi connectivity index (χ0v) is 14.4. The second-order valence-electron chi connectivity index (χ2n) is 5.79. The number of hydrogen-bond acceptors (Lipinski definition) is 4. The molecule has 0 aliphatic carbocycles. The lowest BCUT2D eigenvalue weighted by molar-refractivity contribution is 0.0945. The predicted octanol–water partition coefficient (Wildman–Crippen LogP) is 3.68. The number of nitriles is 1. The highest BCUT2D eigenvalue weighted by Crippen LogP contribution is 2.26. The van der Waals surface area contributed by atoms with Crippen molar-refractivity contribution < 1.29 is 9.84 Å². The second-order valence-corrected chi connectivity index (χ2v) is 5.79. The number of ether oxygens (including phenoxy) is 1. The molecule has 126 valence electrons. The second kappa shape index (κ2) is 8.49. The van der Waals surface area contributed by atoms with Crippen LogP contribution in [0.1, 0.15) is 42.7 Å². The van der Waals surface area contributed by atoms with Gasteiger partial charge >= 0.3 is 0 Å². The van der Waals surface area contributed by atoms with Gasteiger partial charge in [0.1, 0.15) is 5.75 Å². The maximum atomic E-state index is 10.5. The average Bonchev–Trinajstić information content (AvgIpc) is 2.65. The first-order valence-corrected chi connectivity index (χ1v) is 8.15. The van der Waals surface area contributed by atoms with E-state index in [1.54, 1.807) is 19.2 Å². The molecule has 2 aromatic rings. The number of methoxy groups -OCH3 is 1. The van der Waals surface area contributed by atoms with E-state index in [9.17, 15) is 5.11 Å². The van der Waals surface area contributed by atoms with Crippen molar-refractivity contribution in [2.24, 2.45) is 0 Å². The Morgan fingerprint density at radius 3 is 2.46 bits per heavy atom. The molecule has 0 fully saturated rings. The normalized spacial score (nSPS) is 13.3. The third-order valence-electron chi connectivity index (χ3n) is 4.36. The highest BCUT2D eigenvalue weighted by atomic mass is 16.5. The van der Waals surface area contributed by atoms with Gasteiger partial charge in [0.05, 0.1) is 24.8 Å². The summed E-state index contributed by atoms with van der Waals surface area (Å²) in [6.45, 7) is 5.57. The van der Waals surface area contributed by atoms with E-state index in [0.29, 0.717) is 12.1 Å². The molecule has 0 heterocycles. The van der Waals surface area contributed by atoms with Crippen LogP contribution < -0.4 is 4.74 Å². The number of benzene rings is 2. The van der Waals surface area contributed by atoms with Crippen LogP contribution in [-0.4, -0.2) is 30.2 Å². The van der Waals surface area contributed by atoms with Gasteiger partial charge in [0.2, 0.25) is 0 Å². The first kappa shape index (κ1) is 18.0. The van der Waals surface area contributed by atoms with Crippen LogP contribution in [0.15, 0.2) is 48.5 Å². The summed E-state index contributed by atoms with van der Waals surface area (Å²) in [5.41, 5.74) is 2.58. The van der Waals surface area contributed by atoms with Crippen molar-refractivity contribution in [1.82, 2.24) is 4.90 Å². The zero-order chi connectivity index (χ0) is 17.5. The highest BCUT2D eigenvalue weighted by Gasteiger charge is 2.19. The summed E-state index contributed by atoms with van der Waals surface area (Å²) in [4.78, 5) is 2.22. The Labute approximate surface area is 143 Å². The van der Waals surface area contributed by atoms with Crippen molar-refractivity contribution in [3.63, 3.8) is 0 Å². The highest BCUT2D eigenvalue weighted by molar-refractivity contribution is 5.33. The summed E-state index contributed by atoms with van der Waals surface area (Å²) in [6.07, 6.45) is -0.592. The third-order valence-corrected chi connectivity index (χ3v) is 4.36. The fourth-order valence-corrected chi connectivity index (χ4v) is 2.78. The van der Waals surface area contributed by atoms with E-state index in [1.807, 2.05) is 30.3 Å². The first-order chi connectivity index (χ1) is 11.6. The average molecular weight is 324 g/mol. The summed E-state index contributed by atoms with van der Waals surface area (Å²) in [6, 6.07) is 17.4. The molecule has 4 heteroatoms. The Morgan fingerprint density at radius 2 is 1.88 bits per heavy atom. The van der Waals surface area contributed by atoms with Crippen LogP contribution in [0.5, 0.6) is 5.75 Å². The Kier molecular flexibility index (Phi) is 6.36. The maximum Gasteiger partial charge on any atom is 0.119 e. The van der Waals surface area contributed by atoms with E-state index in [4.69, 9.17) is 10.00 Å². The van der Waals surface area contributed by atoms with Crippen LogP contribution >= 0.6 is 0 Å². The van der Waals surface area contributed by atoms with Gasteiger partial charge in [-0.3, -0.25) is 4.90 Å². The molecule has 24 heavy (non-hydrogen) atoms. The van der Waals surface area contributed by atoms with Crippen LogP contribution in [0.2, 0.25) is 0 Å². The van der Waals surface area contributed by atoms with Gasteiger partial charge in [-0.05, 0) is 48.9 Å². The molecule has 0 aliphatic heterocycles. The zero-order valence-electron chi connectivity index (χ0n) is 14.4. The Hall–Kier alpha value is -2.35. The molecule has 2 atom stereocenters. The van der Waals surface area contributed by atoms with Crippen molar-refractivity contribution in [2.45, 2.75) is 26.0 Å². The van der Waals surface area contributed by atoms with Gasteiger partial charge in [0, 0.05) is 12.6 Å². The van der Waals surface area contributed by atoms with Crippen LogP contribution in [-0.2, 0) is 0 Å². The molecule has 0 saturated carbocycles. The van der Waals surface area contributed by atoms with Crippen molar-refractivity contribution in [1.29, 1.82) is 5.26 Å². The molecule has 0 aliphatic rings. The largest absolute Gasteiger partial charge is 0.497 e. The van der Waals surface area contributed by atoms with E-state index in [0.717, 1.165) is 23.4 Å². The molecule has 2 aromatic carbocycles. The van der Waals surface area contributed by atoms with Crippen LogP contribution in [0, 0.1) is 11.3 Å². The van der Waals surface area contributed by atoms with Crippen molar-refractivity contribution in [3.8, 4) is 11.8 Å². The Bertz CT molecular complexity index is 692. The molecule has 2 unspecified atom stereocenters. The van der Waals surface area contributed by atoms with E-state index < -0.39 is 6.10 Å². The van der Waals surface area contributed by atoms with Gasteiger partial charge in [-0.15, -0.1) is 0 Å². The van der Waals surface area contributed by atoms with Crippen LogP contribution in [0.3, 0.4) is 0 Å². The van der Waals surface area contributed by atoms with E-state index in [2.05, 4.69) is 30.9 Å². The molecule has 2 rings (SSSR count). The van der Waals surface area contributed by atoms with Crippen LogP contribution in [0.4, 0.5) is 0 Å². The monoisotopic (exact) mass is 324 g/mol.